The molecule has 0 atom stereocenters. The summed E-state index contributed by atoms with van der Waals surface area (Å²) < 4.78 is 5.44. The van der Waals surface area contributed by atoms with Crippen molar-refractivity contribution in [3.8, 4) is 5.75 Å². The average molecular weight is 411 g/mol. The van der Waals surface area contributed by atoms with E-state index in [0.717, 1.165) is 10.4 Å². The normalized spacial score (nSPS) is 10.5. The van der Waals surface area contributed by atoms with Crippen LogP contribution in [0.2, 0.25) is 0 Å². The summed E-state index contributed by atoms with van der Waals surface area (Å²) in [4.78, 5) is 31.0. The summed E-state index contributed by atoms with van der Waals surface area (Å²) in [5.74, 6) is -0.643. The number of hydrogen-bond donors (Lipinski definition) is 0. The number of aryl methyl sites for hydroxylation is 1. The van der Waals surface area contributed by atoms with Crippen molar-refractivity contribution < 1.29 is 14.5 Å². The zero-order valence-corrected chi connectivity index (χ0v) is 16.8. The van der Waals surface area contributed by atoms with E-state index in [-0.39, 0.29) is 18.3 Å². The third-order valence-electron chi connectivity index (χ3n) is 4.28. The molecule has 1 aromatic carbocycles. The summed E-state index contributed by atoms with van der Waals surface area (Å²) >= 11 is 1.64. The molecule has 0 spiro atoms. The molecule has 2 heterocycles. The Morgan fingerprint density at radius 3 is 2.66 bits per heavy atom. The van der Waals surface area contributed by atoms with Crippen LogP contribution >= 0.6 is 11.3 Å². The largest absolute Gasteiger partial charge is 0.476 e. The van der Waals surface area contributed by atoms with Gasteiger partial charge in [0.15, 0.2) is 6.61 Å². The summed E-state index contributed by atoms with van der Waals surface area (Å²) in [6.45, 7) is 2.74. The van der Waals surface area contributed by atoms with Crippen molar-refractivity contribution in [3.63, 3.8) is 0 Å². The van der Waals surface area contributed by atoms with E-state index in [2.05, 4.69) is 4.98 Å². The van der Waals surface area contributed by atoms with Crippen LogP contribution < -0.4 is 4.74 Å². The molecule has 0 N–H and O–H groups in total. The number of ether oxygens (including phenoxy) is 1. The van der Waals surface area contributed by atoms with Crippen LogP contribution in [0, 0.1) is 17.0 Å². The van der Waals surface area contributed by atoms with Gasteiger partial charge in [-0.05, 0) is 53.1 Å². The lowest BCUT2D eigenvalue weighted by Gasteiger charge is -2.22. The molecule has 0 aliphatic rings. The van der Waals surface area contributed by atoms with Crippen molar-refractivity contribution in [1.82, 2.24) is 9.88 Å². The summed E-state index contributed by atoms with van der Waals surface area (Å²) in [6, 6.07) is 16.9. The van der Waals surface area contributed by atoms with Crippen molar-refractivity contribution in [2.45, 2.75) is 19.9 Å². The van der Waals surface area contributed by atoms with E-state index in [9.17, 15) is 14.9 Å². The van der Waals surface area contributed by atoms with Crippen molar-refractivity contribution in [1.29, 1.82) is 0 Å². The number of thiophene rings is 1. The quantitative estimate of drug-likeness (QED) is 0.392. The van der Waals surface area contributed by atoms with Crippen LogP contribution in [0.3, 0.4) is 0 Å². The smallest absolute Gasteiger partial charge is 0.406 e. The third-order valence-corrected chi connectivity index (χ3v) is 5.27. The minimum atomic E-state index is -0.624. The molecule has 8 heteroatoms. The Labute approximate surface area is 172 Å². The van der Waals surface area contributed by atoms with Gasteiger partial charge in [-0.1, -0.05) is 30.3 Å². The number of carbonyl (C=O) groups excluding carboxylic acids is 1. The fourth-order valence-electron chi connectivity index (χ4n) is 2.82. The highest BCUT2D eigenvalue weighted by atomic mass is 32.1. The Bertz CT molecular complexity index is 975. The lowest BCUT2D eigenvalue weighted by molar-refractivity contribution is -0.390. The monoisotopic (exact) mass is 411 g/mol. The molecule has 0 aliphatic carbocycles. The Morgan fingerprint density at radius 1 is 1.17 bits per heavy atom. The van der Waals surface area contributed by atoms with Crippen molar-refractivity contribution in [2.75, 3.05) is 13.2 Å². The van der Waals surface area contributed by atoms with Crippen LogP contribution in [0.25, 0.3) is 0 Å². The van der Waals surface area contributed by atoms with Crippen LogP contribution in [0.5, 0.6) is 5.75 Å². The maximum atomic E-state index is 12.8. The number of amides is 1. The molecule has 0 aliphatic heterocycles. The summed E-state index contributed by atoms with van der Waals surface area (Å²) in [7, 11) is 0. The molecule has 7 nitrogen and oxygen atoms in total. The van der Waals surface area contributed by atoms with Crippen molar-refractivity contribution in [2.24, 2.45) is 0 Å². The number of benzene rings is 1. The molecule has 1 amide bonds. The van der Waals surface area contributed by atoms with E-state index in [1.54, 1.807) is 16.2 Å². The van der Waals surface area contributed by atoms with Gasteiger partial charge in [-0.25, -0.2) is 0 Å². The molecule has 0 unspecified atom stereocenters. The van der Waals surface area contributed by atoms with Gasteiger partial charge < -0.3 is 19.8 Å². The number of aromatic nitrogens is 1. The lowest BCUT2D eigenvalue weighted by atomic mass is 10.1. The highest BCUT2D eigenvalue weighted by molar-refractivity contribution is 7.11. The second-order valence-corrected chi connectivity index (χ2v) is 7.81. The fourth-order valence-corrected chi connectivity index (χ4v) is 3.73. The molecule has 150 valence electrons. The fraction of sp³-hybridized carbons (Fsp3) is 0.238. The van der Waals surface area contributed by atoms with Crippen LogP contribution in [0.15, 0.2) is 60.8 Å². The van der Waals surface area contributed by atoms with Crippen LogP contribution in [0.1, 0.15) is 15.3 Å². The second kappa shape index (κ2) is 9.79. The topological polar surface area (TPSA) is 85.6 Å². The van der Waals surface area contributed by atoms with E-state index >= 15 is 0 Å². The molecule has 2 aromatic heterocycles. The van der Waals surface area contributed by atoms with E-state index in [1.165, 1.54) is 23.2 Å². The van der Waals surface area contributed by atoms with Gasteiger partial charge in [0.2, 0.25) is 5.75 Å². The van der Waals surface area contributed by atoms with E-state index in [0.29, 0.717) is 19.5 Å². The van der Waals surface area contributed by atoms with Gasteiger partial charge in [-0.15, -0.1) is 11.3 Å². The minimum absolute atomic E-state index is 0.0131. The Kier molecular flexibility index (Phi) is 6.91. The van der Waals surface area contributed by atoms with Crippen LogP contribution in [-0.2, 0) is 17.8 Å². The number of rotatable bonds is 9. The van der Waals surface area contributed by atoms with Gasteiger partial charge in [-0.2, -0.15) is 0 Å². The number of hydrogen-bond acceptors (Lipinski definition) is 6. The molecular formula is C21H21N3O4S. The first-order valence-corrected chi connectivity index (χ1v) is 9.94. The van der Waals surface area contributed by atoms with Gasteiger partial charge in [0, 0.05) is 16.3 Å². The molecule has 0 fully saturated rings. The minimum Gasteiger partial charge on any atom is -0.476 e. The Morgan fingerprint density at radius 2 is 1.97 bits per heavy atom. The van der Waals surface area contributed by atoms with Gasteiger partial charge >= 0.3 is 5.82 Å². The Balaban J connectivity index is 1.68. The predicted molar refractivity (Wildman–Crippen MR) is 111 cm³/mol. The molecule has 3 rings (SSSR count). The van der Waals surface area contributed by atoms with Crippen LogP contribution in [0.4, 0.5) is 5.82 Å². The summed E-state index contributed by atoms with van der Waals surface area (Å²) in [5, 5.41) is 11.1. The van der Waals surface area contributed by atoms with Gasteiger partial charge in [0.1, 0.15) is 6.20 Å². The highest BCUT2D eigenvalue weighted by Crippen LogP contribution is 2.23. The van der Waals surface area contributed by atoms with E-state index < -0.39 is 10.7 Å². The van der Waals surface area contributed by atoms with Gasteiger partial charge in [0.25, 0.3) is 5.91 Å². The third kappa shape index (κ3) is 5.86. The highest BCUT2D eigenvalue weighted by Gasteiger charge is 2.20. The zero-order chi connectivity index (χ0) is 20.6. The maximum Gasteiger partial charge on any atom is 0.406 e. The first-order valence-electron chi connectivity index (χ1n) is 9.12. The van der Waals surface area contributed by atoms with Gasteiger partial charge in [-0.3, -0.25) is 4.79 Å². The summed E-state index contributed by atoms with van der Waals surface area (Å²) in [5.41, 5.74) is 1.14. The molecule has 3 aromatic rings. The first kappa shape index (κ1) is 20.5. The molecular weight excluding hydrogens is 390 g/mol. The SMILES string of the molecule is Cc1ccc(CN(CCc2ccccc2)C(=O)COc2cccnc2[N+](=O)[O-])s1. The standard InChI is InChI=1S/C21H21N3O4S/c1-16-9-10-18(29-16)14-23(13-11-17-6-3-2-4-7-17)20(25)15-28-19-8-5-12-22-21(19)24(26)27/h2-10,12H,11,13-15H2,1H3. The first-order chi connectivity index (χ1) is 14.0. The zero-order valence-electron chi connectivity index (χ0n) is 16.0. The van der Waals surface area contributed by atoms with E-state index in [4.69, 9.17) is 4.74 Å². The number of nitrogens with zero attached hydrogens (tertiary/aromatic N) is 3. The molecule has 29 heavy (non-hydrogen) atoms. The van der Waals surface area contributed by atoms with Gasteiger partial charge in [0.05, 0.1) is 6.54 Å². The van der Waals surface area contributed by atoms with Crippen LogP contribution in [-0.4, -0.2) is 33.9 Å². The number of pyridine rings is 1. The molecule has 0 radical (unpaired) electrons. The van der Waals surface area contributed by atoms with Crippen molar-refractivity contribution >= 4 is 23.1 Å². The summed E-state index contributed by atoms with van der Waals surface area (Å²) in [6.07, 6.45) is 2.03. The number of carbonyl (C=O) groups is 1. The van der Waals surface area contributed by atoms with Crippen molar-refractivity contribution in [3.05, 3.63) is 86.2 Å². The van der Waals surface area contributed by atoms with E-state index in [1.807, 2.05) is 49.4 Å². The lowest BCUT2D eigenvalue weighted by Crippen LogP contribution is -2.36. The average Bonchev–Trinajstić information content (AvgIpc) is 3.15. The maximum absolute atomic E-state index is 12.8. The predicted octanol–water partition coefficient (Wildman–Crippen LogP) is 4.01. The second-order valence-electron chi connectivity index (χ2n) is 6.43. The molecule has 0 saturated heterocycles. The molecule has 0 bridgehead atoms. The Hall–Kier alpha value is -3.26. The molecule has 0 saturated carbocycles. The number of nitro groups is 1.